The van der Waals surface area contributed by atoms with Gasteiger partial charge in [0, 0.05) is 20.3 Å². The molecule has 6 nitrogen and oxygen atoms in total. The Bertz CT molecular complexity index is 949. The smallest absolute Gasteiger partial charge is 0.262 e. The lowest BCUT2D eigenvalue weighted by Crippen LogP contribution is -2.31. The molecule has 1 aliphatic heterocycles. The maximum Gasteiger partial charge on any atom is 0.262 e. The van der Waals surface area contributed by atoms with E-state index in [1.54, 1.807) is 20.3 Å². The second kappa shape index (κ2) is 8.88. The number of amides is 2. The van der Waals surface area contributed by atoms with Gasteiger partial charge in [-0.15, -0.1) is 0 Å². The normalized spacial score (nSPS) is 16.3. The minimum atomic E-state index is -0.254. The van der Waals surface area contributed by atoms with Crippen molar-refractivity contribution in [1.82, 2.24) is 4.90 Å². The first-order valence-corrected chi connectivity index (χ1v) is 10.5. The number of nitrogens with zero attached hydrogens (tertiary/aromatic N) is 1. The van der Waals surface area contributed by atoms with Crippen LogP contribution in [0.3, 0.4) is 0 Å². The molecule has 0 unspecified atom stereocenters. The van der Waals surface area contributed by atoms with Crippen LogP contribution in [0.4, 0.5) is 0 Å². The molecule has 0 bridgehead atoms. The fraction of sp³-hybridized carbons (Fsp3) is 0.417. The van der Waals surface area contributed by atoms with E-state index in [4.69, 9.17) is 14.2 Å². The molecule has 0 aromatic heterocycles. The number of hydrogen-bond acceptors (Lipinski definition) is 5. The van der Waals surface area contributed by atoms with Crippen LogP contribution < -0.4 is 9.47 Å². The molecule has 158 valence electrons. The van der Waals surface area contributed by atoms with Crippen LogP contribution in [-0.4, -0.2) is 50.2 Å². The van der Waals surface area contributed by atoms with Crippen LogP contribution in [0.25, 0.3) is 11.1 Å². The third kappa shape index (κ3) is 3.79. The van der Waals surface area contributed by atoms with Gasteiger partial charge in [-0.05, 0) is 61.4 Å². The molecule has 0 atom stereocenters. The fourth-order valence-corrected chi connectivity index (χ4v) is 4.27. The quantitative estimate of drug-likeness (QED) is 0.480. The van der Waals surface area contributed by atoms with Crippen molar-refractivity contribution in [3.8, 4) is 22.6 Å². The van der Waals surface area contributed by atoms with Gasteiger partial charge in [0.1, 0.15) is 0 Å². The van der Waals surface area contributed by atoms with E-state index in [0.717, 1.165) is 24.0 Å². The molecule has 30 heavy (non-hydrogen) atoms. The zero-order valence-electron chi connectivity index (χ0n) is 17.5. The van der Waals surface area contributed by atoms with E-state index in [-0.39, 0.29) is 17.9 Å². The average molecular weight is 409 g/mol. The van der Waals surface area contributed by atoms with Crippen LogP contribution in [0.2, 0.25) is 0 Å². The van der Waals surface area contributed by atoms with Crippen molar-refractivity contribution >= 4 is 11.8 Å². The highest BCUT2D eigenvalue weighted by molar-refractivity contribution is 6.24. The number of carbonyl (C=O) groups is 2. The highest BCUT2D eigenvalue weighted by Crippen LogP contribution is 2.38. The van der Waals surface area contributed by atoms with Crippen molar-refractivity contribution in [2.45, 2.75) is 38.2 Å². The van der Waals surface area contributed by atoms with Gasteiger partial charge in [0.15, 0.2) is 11.5 Å². The van der Waals surface area contributed by atoms with Gasteiger partial charge < -0.3 is 14.2 Å². The molecule has 1 aliphatic carbocycles. The van der Waals surface area contributed by atoms with E-state index in [9.17, 15) is 9.59 Å². The summed E-state index contributed by atoms with van der Waals surface area (Å²) >= 11 is 0. The predicted molar refractivity (Wildman–Crippen MR) is 113 cm³/mol. The Morgan fingerprint density at radius 2 is 1.73 bits per heavy atom. The predicted octanol–water partition coefficient (Wildman–Crippen LogP) is 4.32. The Kier molecular flexibility index (Phi) is 6.04. The van der Waals surface area contributed by atoms with Gasteiger partial charge in [0.2, 0.25) is 0 Å². The molecule has 0 N–H and O–H groups in total. The summed E-state index contributed by atoms with van der Waals surface area (Å²) in [5.74, 6) is 0.842. The Morgan fingerprint density at radius 3 is 2.47 bits per heavy atom. The molecule has 0 spiro atoms. The number of carbonyl (C=O) groups excluding carboxylic acids is 2. The van der Waals surface area contributed by atoms with Crippen molar-refractivity contribution in [2.24, 2.45) is 0 Å². The van der Waals surface area contributed by atoms with Crippen LogP contribution in [0.15, 0.2) is 36.4 Å². The van der Waals surface area contributed by atoms with E-state index in [2.05, 4.69) is 0 Å². The van der Waals surface area contributed by atoms with Crippen molar-refractivity contribution in [2.75, 3.05) is 27.4 Å². The Labute approximate surface area is 176 Å². The molecule has 0 radical (unpaired) electrons. The Morgan fingerprint density at radius 1 is 0.967 bits per heavy atom. The van der Waals surface area contributed by atoms with E-state index in [1.807, 2.05) is 30.3 Å². The molecule has 1 fully saturated rings. The van der Waals surface area contributed by atoms with Crippen LogP contribution in [0, 0.1) is 0 Å². The van der Waals surface area contributed by atoms with E-state index >= 15 is 0 Å². The summed E-state index contributed by atoms with van der Waals surface area (Å²) < 4.78 is 16.8. The third-order valence-corrected chi connectivity index (χ3v) is 5.80. The van der Waals surface area contributed by atoms with Crippen LogP contribution in [0.5, 0.6) is 11.5 Å². The number of imide groups is 1. The maximum atomic E-state index is 13.1. The number of methoxy groups -OCH3 is 2. The molecule has 2 aliphatic rings. The first-order valence-electron chi connectivity index (χ1n) is 10.5. The maximum absolute atomic E-state index is 13.1. The van der Waals surface area contributed by atoms with Crippen LogP contribution in [0.1, 0.15) is 52.8 Å². The second-order valence-corrected chi connectivity index (χ2v) is 7.73. The molecular weight excluding hydrogens is 382 g/mol. The fourth-order valence-electron chi connectivity index (χ4n) is 4.27. The van der Waals surface area contributed by atoms with Gasteiger partial charge in [-0.3, -0.25) is 14.5 Å². The van der Waals surface area contributed by atoms with Crippen molar-refractivity contribution in [1.29, 1.82) is 0 Å². The Balaban J connectivity index is 1.68. The lowest BCUT2D eigenvalue weighted by atomic mass is 9.96. The standard InChI is InChI=1S/C24H27NO5/c1-28-14-6-13-25-23(26)19-10-5-9-18(22(19)24(25)27)16-11-12-20(29-2)21(15-16)30-17-7-3-4-8-17/h5,9-12,15,17H,3-4,6-8,13-14H2,1-2H3. The molecule has 2 aromatic rings. The SMILES string of the molecule is COCCCN1C(=O)c2cccc(-c3ccc(OC)c(OC4CCCC4)c3)c2C1=O. The number of hydrogen-bond donors (Lipinski definition) is 0. The number of rotatable bonds is 8. The number of fused-ring (bicyclic) bond motifs is 1. The highest BCUT2D eigenvalue weighted by Gasteiger charge is 2.37. The Hall–Kier alpha value is -2.86. The molecule has 1 saturated carbocycles. The zero-order chi connectivity index (χ0) is 21.1. The van der Waals surface area contributed by atoms with Gasteiger partial charge in [-0.2, -0.15) is 0 Å². The van der Waals surface area contributed by atoms with E-state index in [1.165, 1.54) is 17.7 Å². The third-order valence-electron chi connectivity index (χ3n) is 5.80. The number of ether oxygens (including phenoxy) is 3. The summed E-state index contributed by atoms with van der Waals surface area (Å²) in [6.07, 6.45) is 5.23. The topological polar surface area (TPSA) is 65.1 Å². The second-order valence-electron chi connectivity index (χ2n) is 7.73. The minimum absolute atomic E-state index is 0.190. The van der Waals surface area contributed by atoms with Crippen LogP contribution in [-0.2, 0) is 4.74 Å². The first-order chi connectivity index (χ1) is 14.6. The minimum Gasteiger partial charge on any atom is -0.493 e. The molecular formula is C24H27NO5. The summed E-state index contributed by atoms with van der Waals surface area (Å²) in [6, 6.07) is 11.1. The molecule has 4 rings (SSSR count). The van der Waals surface area contributed by atoms with Gasteiger partial charge in [-0.1, -0.05) is 18.2 Å². The molecule has 1 heterocycles. The molecule has 2 amide bonds. The summed E-state index contributed by atoms with van der Waals surface area (Å²) in [7, 11) is 3.23. The summed E-state index contributed by atoms with van der Waals surface area (Å²) in [4.78, 5) is 27.2. The number of benzene rings is 2. The van der Waals surface area contributed by atoms with Crippen molar-refractivity contribution < 1.29 is 23.8 Å². The van der Waals surface area contributed by atoms with Gasteiger partial charge in [-0.25, -0.2) is 0 Å². The highest BCUT2D eigenvalue weighted by atomic mass is 16.5. The average Bonchev–Trinajstić information content (AvgIpc) is 3.36. The van der Waals surface area contributed by atoms with Crippen molar-refractivity contribution in [3.05, 3.63) is 47.5 Å². The summed E-state index contributed by atoms with van der Waals surface area (Å²) in [5.41, 5.74) is 2.47. The lowest BCUT2D eigenvalue weighted by molar-refractivity contribution is 0.0639. The van der Waals surface area contributed by atoms with Crippen molar-refractivity contribution in [3.63, 3.8) is 0 Å². The largest absolute Gasteiger partial charge is 0.493 e. The van der Waals surface area contributed by atoms with Gasteiger partial charge in [0.05, 0.1) is 24.3 Å². The molecule has 6 heteroatoms. The summed E-state index contributed by atoms with van der Waals surface area (Å²) in [5, 5.41) is 0. The van der Waals surface area contributed by atoms with Crippen LogP contribution >= 0.6 is 0 Å². The lowest BCUT2D eigenvalue weighted by Gasteiger charge is -2.17. The van der Waals surface area contributed by atoms with E-state index in [0.29, 0.717) is 42.2 Å². The van der Waals surface area contributed by atoms with Gasteiger partial charge >= 0.3 is 0 Å². The zero-order valence-corrected chi connectivity index (χ0v) is 17.5. The monoisotopic (exact) mass is 409 g/mol. The van der Waals surface area contributed by atoms with E-state index < -0.39 is 0 Å². The molecule has 0 saturated heterocycles. The first kappa shape index (κ1) is 20.4. The van der Waals surface area contributed by atoms with Gasteiger partial charge in [0.25, 0.3) is 11.8 Å². The molecule has 2 aromatic carbocycles. The summed E-state index contributed by atoms with van der Waals surface area (Å²) in [6.45, 7) is 0.846.